The van der Waals surface area contributed by atoms with E-state index in [2.05, 4.69) is 20.8 Å². The number of carbonyl (C=O) groups is 1. The molecule has 0 spiro atoms. The lowest BCUT2D eigenvalue weighted by molar-refractivity contribution is -0.118. The van der Waals surface area contributed by atoms with Gasteiger partial charge in [-0.3, -0.25) is 4.79 Å². The molecule has 0 atom stereocenters. The van der Waals surface area contributed by atoms with Crippen molar-refractivity contribution in [1.29, 1.82) is 0 Å². The number of rotatable bonds is 10. The van der Waals surface area contributed by atoms with Crippen molar-refractivity contribution in [2.45, 2.75) is 10.8 Å². The first-order valence-electron chi connectivity index (χ1n) is 7.37. The van der Waals surface area contributed by atoms with Gasteiger partial charge in [0.15, 0.2) is 4.34 Å². The Bertz CT molecular complexity index is 637. The maximum absolute atomic E-state index is 12.8. The molecule has 0 saturated carbocycles. The van der Waals surface area contributed by atoms with Crippen LogP contribution < -0.4 is 10.6 Å². The number of hydrogen-bond acceptors (Lipinski definition) is 7. The number of ether oxygens (including phenoxy) is 1. The van der Waals surface area contributed by atoms with Crippen LogP contribution in [0.25, 0.3) is 0 Å². The Morgan fingerprint density at radius 3 is 2.83 bits per heavy atom. The number of anilines is 1. The van der Waals surface area contributed by atoms with E-state index in [0.717, 1.165) is 9.90 Å². The maximum Gasteiger partial charge on any atom is 0.230 e. The molecule has 1 aromatic carbocycles. The predicted octanol–water partition coefficient (Wildman–Crippen LogP) is 2.19. The first kappa shape index (κ1) is 18.6. The van der Waals surface area contributed by atoms with E-state index in [4.69, 9.17) is 4.74 Å². The standard InChI is InChI=1S/C15H19FN4O2S2/c1-22-9-8-18-14-19-20-15(24-14)23-10-13(21)17-7-6-11-2-4-12(16)5-3-11/h2-5H,6-10H2,1H3,(H,17,21)(H,18,19). The van der Waals surface area contributed by atoms with Crippen molar-refractivity contribution in [3.8, 4) is 0 Å². The monoisotopic (exact) mass is 370 g/mol. The van der Waals surface area contributed by atoms with Gasteiger partial charge in [-0.25, -0.2) is 4.39 Å². The number of hydrogen-bond donors (Lipinski definition) is 2. The molecular weight excluding hydrogens is 351 g/mol. The van der Waals surface area contributed by atoms with Crippen LogP contribution in [0.4, 0.5) is 9.52 Å². The number of nitrogens with one attached hydrogen (secondary N) is 2. The van der Waals surface area contributed by atoms with Crippen molar-refractivity contribution in [3.05, 3.63) is 35.6 Å². The van der Waals surface area contributed by atoms with Crippen molar-refractivity contribution < 1.29 is 13.9 Å². The van der Waals surface area contributed by atoms with E-state index in [1.54, 1.807) is 19.2 Å². The molecule has 2 rings (SSSR count). The fourth-order valence-corrected chi connectivity index (χ4v) is 3.38. The third-order valence-corrected chi connectivity index (χ3v) is 4.98. The molecule has 2 aromatic rings. The van der Waals surface area contributed by atoms with E-state index < -0.39 is 0 Å². The zero-order valence-corrected chi connectivity index (χ0v) is 14.9. The largest absolute Gasteiger partial charge is 0.383 e. The van der Waals surface area contributed by atoms with E-state index in [0.29, 0.717) is 31.2 Å². The Morgan fingerprint density at radius 1 is 1.29 bits per heavy atom. The summed E-state index contributed by atoms with van der Waals surface area (Å²) < 4.78 is 18.5. The SMILES string of the molecule is COCCNc1nnc(SCC(=O)NCCc2ccc(F)cc2)s1. The van der Waals surface area contributed by atoms with Crippen LogP contribution in [0.3, 0.4) is 0 Å². The fraction of sp³-hybridized carbons (Fsp3) is 0.400. The highest BCUT2D eigenvalue weighted by Crippen LogP contribution is 2.24. The zero-order chi connectivity index (χ0) is 17.2. The Hall–Kier alpha value is -1.71. The van der Waals surface area contributed by atoms with Crippen molar-refractivity contribution >= 4 is 34.1 Å². The number of amides is 1. The first-order valence-corrected chi connectivity index (χ1v) is 9.18. The summed E-state index contributed by atoms with van der Waals surface area (Å²) in [6, 6.07) is 6.27. The molecule has 0 aliphatic carbocycles. The third kappa shape index (κ3) is 6.81. The minimum atomic E-state index is -0.257. The normalized spacial score (nSPS) is 10.6. The van der Waals surface area contributed by atoms with Gasteiger partial charge in [-0.1, -0.05) is 35.2 Å². The molecule has 0 bridgehead atoms. The van der Waals surface area contributed by atoms with Crippen molar-refractivity contribution in [1.82, 2.24) is 15.5 Å². The van der Waals surface area contributed by atoms with Gasteiger partial charge in [0.05, 0.1) is 12.4 Å². The Morgan fingerprint density at radius 2 is 2.08 bits per heavy atom. The molecule has 24 heavy (non-hydrogen) atoms. The fourth-order valence-electron chi connectivity index (χ4n) is 1.78. The average molecular weight is 370 g/mol. The highest BCUT2D eigenvalue weighted by atomic mass is 32.2. The number of halogens is 1. The Kier molecular flexibility index (Phi) is 7.93. The van der Waals surface area contributed by atoms with E-state index in [1.807, 2.05) is 0 Å². The second-order valence-corrected chi connectivity index (χ2v) is 7.01. The molecule has 1 amide bonds. The Labute approximate surface area is 148 Å². The van der Waals surface area contributed by atoms with E-state index in [-0.39, 0.29) is 17.5 Å². The summed E-state index contributed by atoms with van der Waals surface area (Å²) in [5.41, 5.74) is 0.986. The summed E-state index contributed by atoms with van der Waals surface area (Å²) in [5.74, 6) is -0.0330. The van der Waals surface area contributed by atoms with Crippen LogP contribution >= 0.6 is 23.1 Å². The highest BCUT2D eigenvalue weighted by Gasteiger charge is 2.08. The van der Waals surface area contributed by atoms with Crippen LogP contribution in [0.1, 0.15) is 5.56 Å². The minimum absolute atomic E-state index is 0.0637. The molecule has 0 aliphatic heterocycles. The summed E-state index contributed by atoms with van der Waals surface area (Å²) in [5, 5.41) is 14.6. The van der Waals surface area contributed by atoms with E-state index in [1.165, 1.54) is 35.2 Å². The first-order chi connectivity index (χ1) is 11.7. The van der Waals surface area contributed by atoms with Crippen LogP contribution in [0, 0.1) is 5.82 Å². The zero-order valence-electron chi connectivity index (χ0n) is 13.3. The molecule has 0 aliphatic rings. The molecule has 0 radical (unpaired) electrons. The van der Waals surface area contributed by atoms with Crippen molar-refractivity contribution in [3.63, 3.8) is 0 Å². The molecule has 0 saturated heterocycles. The van der Waals surface area contributed by atoms with E-state index in [9.17, 15) is 9.18 Å². The predicted molar refractivity (Wildman–Crippen MR) is 94.1 cm³/mol. The summed E-state index contributed by atoms with van der Waals surface area (Å²) in [6.45, 7) is 1.78. The van der Waals surface area contributed by atoms with Gasteiger partial charge < -0.3 is 15.4 Å². The van der Waals surface area contributed by atoms with Gasteiger partial charge in [-0.2, -0.15) is 0 Å². The van der Waals surface area contributed by atoms with Gasteiger partial charge >= 0.3 is 0 Å². The van der Waals surface area contributed by atoms with Crippen LogP contribution in [0.2, 0.25) is 0 Å². The molecule has 9 heteroatoms. The summed E-state index contributed by atoms with van der Waals surface area (Å²) >= 11 is 2.75. The second-order valence-electron chi connectivity index (χ2n) is 4.81. The third-order valence-electron chi connectivity index (χ3n) is 2.96. The van der Waals surface area contributed by atoms with Gasteiger partial charge in [-0.05, 0) is 24.1 Å². The molecule has 0 unspecified atom stereocenters. The van der Waals surface area contributed by atoms with Gasteiger partial charge in [0.1, 0.15) is 5.82 Å². The van der Waals surface area contributed by atoms with E-state index >= 15 is 0 Å². The lowest BCUT2D eigenvalue weighted by Crippen LogP contribution is -2.27. The van der Waals surface area contributed by atoms with Crippen LogP contribution in [-0.2, 0) is 16.0 Å². The van der Waals surface area contributed by atoms with Gasteiger partial charge in [0.25, 0.3) is 0 Å². The number of nitrogens with zero attached hydrogens (tertiary/aromatic N) is 2. The van der Waals surface area contributed by atoms with Crippen molar-refractivity contribution in [2.24, 2.45) is 0 Å². The molecule has 1 heterocycles. The topological polar surface area (TPSA) is 76.1 Å². The number of thioether (sulfide) groups is 1. The summed E-state index contributed by atoms with van der Waals surface area (Å²) in [4.78, 5) is 11.8. The lowest BCUT2D eigenvalue weighted by atomic mass is 10.1. The second kappa shape index (κ2) is 10.2. The quantitative estimate of drug-likeness (QED) is 0.493. The van der Waals surface area contributed by atoms with Crippen LogP contribution in [0.15, 0.2) is 28.6 Å². The maximum atomic E-state index is 12.8. The van der Waals surface area contributed by atoms with Gasteiger partial charge in [-0.15, -0.1) is 10.2 Å². The summed E-state index contributed by atoms with van der Waals surface area (Å²) in [7, 11) is 1.64. The number of benzene rings is 1. The van der Waals surface area contributed by atoms with Crippen LogP contribution in [0.5, 0.6) is 0 Å². The number of aromatic nitrogens is 2. The minimum Gasteiger partial charge on any atom is -0.383 e. The van der Waals surface area contributed by atoms with Crippen LogP contribution in [-0.4, -0.2) is 48.7 Å². The number of methoxy groups -OCH3 is 1. The summed E-state index contributed by atoms with van der Waals surface area (Å²) in [6.07, 6.45) is 0.670. The molecule has 2 N–H and O–H groups in total. The Balaban J connectivity index is 1.63. The molecule has 6 nitrogen and oxygen atoms in total. The lowest BCUT2D eigenvalue weighted by Gasteiger charge is -2.04. The molecular formula is C15H19FN4O2S2. The van der Waals surface area contributed by atoms with Gasteiger partial charge in [0, 0.05) is 20.2 Å². The molecule has 130 valence electrons. The molecule has 0 fully saturated rings. The molecule has 1 aromatic heterocycles. The average Bonchev–Trinajstić information content (AvgIpc) is 3.03. The highest BCUT2D eigenvalue weighted by molar-refractivity contribution is 8.01. The van der Waals surface area contributed by atoms with Gasteiger partial charge in [0.2, 0.25) is 11.0 Å². The smallest absolute Gasteiger partial charge is 0.230 e. The number of carbonyl (C=O) groups excluding carboxylic acids is 1. The van der Waals surface area contributed by atoms with Crippen molar-refractivity contribution in [2.75, 3.05) is 37.9 Å².